The van der Waals surface area contributed by atoms with E-state index in [1.54, 1.807) is 12.1 Å². The number of hydrogen-bond acceptors (Lipinski definition) is 5. The Hall–Kier alpha value is -1.94. The number of benzene rings is 2. The second-order valence-electron chi connectivity index (χ2n) is 6.84. The molecule has 2 aromatic rings. The molecule has 0 spiro atoms. The molecule has 152 valence electrons. The van der Waals surface area contributed by atoms with Gasteiger partial charge < -0.3 is 4.74 Å². The van der Waals surface area contributed by atoms with Crippen molar-refractivity contribution in [1.29, 1.82) is 0 Å². The summed E-state index contributed by atoms with van der Waals surface area (Å²) in [5.74, 6) is 0.153. The molecule has 1 aliphatic rings. The Morgan fingerprint density at radius 2 is 1.46 bits per heavy atom. The molecule has 0 bridgehead atoms. The van der Waals surface area contributed by atoms with Gasteiger partial charge in [0.2, 0.25) is 10.0 Å². The summed E-state index contributed by atoms with van der Waals surface area (Å²) in [5, 5.41) is 0. The van der Waals surface area contributed by atoms with Crippen LogP contribution in [0.25, 0.3) is 0 Å². The summed E-state index contributed by atoms with van der Waals surface area (Å²) in [6, 6.07) is 12.5. The average Bonchev–Trinajstić information content (AvgIpc) is 2.69. The van der Waals surface area contributed by atoms with Gasteiger partial charge in [-0.15, -0.1) is 0 Å². The predicted octanol–water partition coefficient (Wildman–Crippen LogP) is 2.63. The molecular formula is C19H24N2O5S2. The zero-order valence-corrected chi connectivity index (χ0v) is 17.5. The maximum atomic E-state index is 12.8. The van der Waals surface area contributed by atoms with Crippen molar-refractivity contribution in [3.05, 3.63) is 54.1 Å². The van der Waals surface area contributed by atoms with Crippen LogP contribution >= 0.6 is 0 Å². The third-order valence-corrected chi connectivity index (χ3v) is 7.86. The molecule has 1 N–H and O–H groups in total. The van der Waals surface area contributed by atoms with Gasteiger partial charge in [-0.25, -0.2) is 16.8 Å². The van der Waals surface area contributed by atoms with Crippen molar-refractivity contribution in [3.63, 3.8) is 0 Å². The lowest BCUT2D eigenvalue weighted by molar-refractivity contribution is 0.0730. The topological polar surface area (TPSA) is 92.8 Å². The molecule has 1 heterocycles. The van der Waals surface area contributed by atoms with Crippen LogP contribution in [0.5, 0.6) is 0 Å². The zero-order chi connectivity index (χ0) is 20.4. The molecule has 0 unspecified atom stereocenters. The van der Waals surface area contributed by atoms with Crippen LogP contribution in [0.3, 0.4) is 0 Å². The predicted molar refractivity (Wildman–Crippen MR) is 107 cm³/mol. The second kappa shape index (κ2) is 8.20. The van der Waals surface area contributed by atoms with Crippen LogP contribution in [0.2, 0.25) is 0 Å². The fourth-order valence-electron chi connectivity index (χ4n) is 3.02. The molecule has 1 saturated heterocycles. The van der Waals surface area contributed by atoms with E-state index in [0.29, 0.717) is 18.9 Å². The number of sulfonamides is 2. The Bertz CT molecular complexity index is 1030. The minimum atomic E-state index is -3.83. The quantitative estimate of drug-likeness (QED) is 0.770. The van der Waals surface area contributed by atoms with E-state index < -0.39 is 20.0 Å². The maximum absolute atomic E-state index is 12.8. The first-order valence-electron chi connectivity index (χ1n) is 9.01. The van der Waals surface area contributed by atoms with Gasteiger partial charge in [0.25, 0.3) is 10.0 Å². The van der Waals surface area contributed by atoms with Gasteiger partial charge in [0.05, 0.1) is 28.7 Å². The van der Waals surface area contributed by atoms with Crippen molar-refractivity contribution < 1.29 is 21.6 Å². The Morgan fingerprint density at radius 3 is 2.07 bits per heavy atom. The Balaban J connectivity index is 1.84. The lowest BCUT2D eigenvalue weighted by Crippen LogP contribution is -2.40. The van der Waals surface area contributed by atoms with E-state index in [0.717, 1.165) is 5.56 Å². The molecule has 1 aliphatic heterocycles. The van der Waals surface area contributed by atoms with Crippen molar-refractivity contribution in [2.75, 3.05) is 31.0 Å². The van der Waals surface area contributed by atoms with E-state index in [-0.39, 0.29) is 28.8 Å². The summed E-state index contributed by atoms with van der Waals surface area (Å²) < 4.78 is 60.0. The summed E-state index contributed by atoms with van der Waals surface area (Å²) in [6.45, 7) is 5.25. The number of nitrogens with one attached hydrogen (secondary N) is 1. The SMILES string of the molecule is CC(C)c1ccccc1NS(=O)(=O)c1ccc(S(=O)(=O)N2CCOCC2)cc1. The molecule has 3 rings (SSSR count). The van der Waals surface area contributed by atoms with Crippen molar-refractivity contribution in [1.82, 2.24) is 4.31 Å². The van der Waals surface area contributed by atoms with Crippen molar-refractivity contribution in [3.8, 4) is 0 Å². The highest BCUT2D eigenvalue weighted by Gasteiger charge is 2.27. The summed E-state index contributed by atoms with van der Waals surface area (Å²) in [7, 11) is -7.50. The van der Waals surface area contributed by atoms with Gasteiger partial charge in [-0.05, 0) is 41.8 Å². The highest BCUT2D eigenvalue weighted by molar-refractivity contribution is 7.92. The van der Waals surface area contributed by atoms with Crippen LogP contribution in [0.1, 0.15) is 25.3 Å². The normalized spacial score (nSPS) is 16.2. The van der Waals surface area contributed by atoms with E-state index in [1.807, 2.05) is 26.0 Å². The Labute approximate surface area is 166 Å². The third kappa shape index (κ3) is 4.38. The number of morpholine rings is 1. The molecular weight excluding hydrogens is 400 g/mol. The van der Waals surface area contributed by atoms with Gasteiger partial charge in [0.15, 0.2) is 0 Å². The van der Waals surface area contributed by atoms with Gasteiger partial charge in [-0.1, -0.05) is 32.0 Å². The first kappa shape index (κ1) is 20.8. The van der Waals surface area contributed by atoms with Crippen LogP contribution in [0, 0.1) is 0 Å². The Morgan fingerprint density at radius 1 is 0.893 bits per heavy atom. The van der Waals surface area contributed by atoms with E-state index in [4.69, 9.17) is 4.74 Å². The number of rotatable bonds is 6. The fourth-order valence-corrected chi connectivity index (χ4v) is 5.52. The highest BCUT2D eigenvalue weighted by atomic mass is 32.2. The molecule has 0 saturated carbocycles. The second-order valence-corrected chi connectivity index (χ2v) is 10.5. The monoisotopic (exact) mass is 424 g/mol. The lowest BCUT2D eigenvalue weighted by Gasteiger charge is -2.26. The molecule has 0 aromatic heterocycles. The molecule has 0 aliphatic carbocycles. The van der Waals surface area contributed by atoms with E-state index >= 15 is 0 Å². The van der Waals surface area contributed by atoms with Crippen LogP contribution in [0.4, 0.5) is 5.69 Å². The van der Waals surface area contributed by atoms with E-state index in [9.17, 15) is 16.8 Å². The molecule has 2 aromatic carbocycles. The Kier molecular flexibility index (Phi) is 6.09. The molecule has 0 amide bonds. The van der Waals surface area contributed by atoms with Gasteiger partial charge in [0.1, 0.15) is 0 Å². The van der Waals surface area contributed by atoms with Gasteiger partial charge in [-0.3, -0.25) is 4.72 Å². The number of para-hydroxylation sites is 1. The van der Waals surface area contributed by atoms with E-state index in [2.05, 4.69) is 4.72 Å². The van der Waals surface area contributed by atoms with Crippen LogP contribution in [-0.2, 0) is 24.8 Å². The molecule has 1 fully saturated rings. The summed E-state index contributed by atoms with van der Waals surface area (Å²) >= 11 is 0. The van der Waals surface area contributed by atoms with Crippen LogP contribution < -0.4 is 4.72 Å². The summed E-state index contributed by atoms with van der Waals surface area (Å²) in [4.78, 5) is 0.0721. The fraction of sp³-hybridized carbons (Fsp3) is 0.368. The minimum Gasteiger partial charge on any atom is -0.379 e. The smallest absolute Gasteiger partial charge is 0.261 e. The molecule has 9 heteroatoms. The maximum Gasteiger partial charge on any atom is 0.261 e. The average molecular weight is 425 g/mol. The zero-order valence-electron chi connectivity index (χ0n) is 15.8. The van der Waals surface area contributed by atoms with Crippen molar-refractivity contribution in [2.24, 2.45) is 0 Å². The summed E-state index contributed by atoms with van der Waals surface area (Å²) in [5.41, 5.74) is 1.40. The number of anilines is 1. The first-order chi connectivity index (χ1) is 13.2. The number of ether oxygens (including phenoxy) is 1. The van der Waals surface area contributed by atoms with Gasteiger partial charge in [-0.2, -0.15) is 4.31 Å². The largest absolute Gasteiger partial charge is 0.379 e. The van der Waals surface area contributed by atoms with Crippen molar-refractivity contribution in [2.45, 2.75) is 29.6 Å². The van der Waals surface area contributed by atoms with Crippen molar-refractivity contribution >= 4 is 25.7 Å². The van der Waals surface area contributed by atoms with Crippen LogP contribution in [0.15, 0.2) is 58.3 Å². The first-order valence-corrected chi connectivity index (χ1v) is 11.9. The minimum absolute atomic E-state index is 0.00647. The molecule has 0 atom stereocenters. The number of nitrogens with zero attached hydrogens (tertiary/aromatic N) is 1. The van der Waals surface area contributed by atoms with Gasteiger partial charge >= 0.3 is 0 Å². The third-order valence-electron chi connectivity index (χ3n) is 4.57. The molecule has 0 radical (unpaired) electrons. The highest BCUT2D eigenvalue weighted by Crippen LogP contribution is 2.27. The molecule has 7 nitrogen and oxygen atoms in total. The molecule has 28 heavy (non-hydrogen) atoms. The standard InChI is InChI=1S/C19H24N2O5S2/c1-15(2)18-5-3-4-6-19(18)20-27(22,23)16-7-9-17(10-8-16)28(24,25)21-11-13-26-14-12-21/h3-10,15,20H,11-14H2,1-2H3. The van der Waals surface area contributed by atoms with E-state index in [1.165, 1.54) is 28.6 Å². The van der Waals surface area contributed by atoms with Gasteiger partial charge in [0, 0.05) is 13.1 Å². The number of hydrogen-bond donors (Lipinski definition) is 1. The summed E-state index contributed by atoms with van der Waals surface area (Å²) in [6.07, 6.45) is 0. The van der Waals surface area contributed by atoms with Crippen LogP contribution in [-0.4, -0.2) is 47.4 Å². The lowest BCUT2D eigenvalue weighted by atomic mass is 10.0.